The smallest absolute Gasteiger partial charge is 0.231 e. The third-order valence-electron chi connectivity index (χ3n) is 4.63. The predicted octanol–water partition coefficient (Wildman–Crippen LogP) is 0.514. The summed E-state index contributed by atoms with van der Waals surface area (Å²) in [6.45, 7) is 7.09. The zero-order valence-corrected chi connectivity index (χ0v) is 14.6. The summed E-state index contributed by atoms with van der Waals surface area (Å²) in [5.74, 6) is 1.34. The largest absolute Gasteiger partial charge is 0.512 e. The number of ketones is 1. The molecule has 1 saturated heterocycles. The van der Waals surface area contributed by atoms with Crippen LogP contribution in [0, 0.1) is 5.41 Å². The van der Waals surface area contributed by atoms with Crippen LogP contribution in [0.1, 0.15) is 19.4 Å². The van der Waals surface area contributed by atoms with Crippen LogP contribution in [0.5, 0.6) is 11.5 Å². The first-order valence-electron chi connectivity index (χ1n) is 8.42. The SMILES string of the molecule is CC(=O)/C(C(=N)N1CC[NH+](Cc2ccc3c(c2)OCO3)CC1)=C(\C)O. The summed E-state index contributed by atoms with van der Waals surface area (Å²) in [6, 6.07) is 6.02. The number of ether oxygens (including phenoxy) is 2. The molecule has 1 aromatic carbocycles. The van der Waals surface area contributed by atoms with Gasteiger partial charge in [-0.25, -0.2) is 0 Å². The van der Waals surface area contributed by atoms with Crippen LogP contribution in [0.2, 0.25) is 0 Å². The number of amidine groups is 1. The standard InChI is InChI=1S/C18H23N3O4/c1-12(22)17(13(2)23)18(19)21-7-5-20(6-8-21)10-14-3-4-15-16(9-14)25-11-24-15/h3-4,9,19,22H,5-8,10-11H2,1-2H3/p+1/b17-12-,19-18?. The van der Waals surface area contributed by atoms with Gasteiger partial charge in [0.05, 0.1) is 31.8 Å². The number of fused-ring (bicyclic) bond motifs is 1. The summed E-state index contributed by atoms with van der Waals surface area (Å²) in [4.78, 5) is 14.9. The minimum atomic E-state index is -0.278. The van der Waals surface area contributed by atoms with Crippen molar-refractivity contribution in [1.82, 2.24) is 4.90 Å². The van der Waals surface area contributed by atoms with E-state index in [-0.39, 0.29) is 29.7 Å². The van der Waals surface area contributed by atoms with E-state index in [4.69, 9.17) is 14.9 Å². The number of carbonyl (C=O) groups excluding carboxylic acids is 1. The number of rotatable bonds is 4. The van der Waals surface area contributed by atoms with Gasteiger partial charge < -0.3 is 24.4 Å². The molecule has 2 aliphatic heterocycles. The van der Waals surface area contributed by atoms with Crippen molar-refractivity contribution >= 4 is 11.6 Å². The van der Waals surface area contributed by atoms with Gasteiger partial charge in [0, 0.05) is 5.56 Å². The van der Waals surface area contributed by atoms with Gasteiger partial charge in [0.15, 0.2) is 17.3 Å². The zero-order chi connectivity index (χ0) is 18.0. The molecule has 0 aromatic heterocycles. The van der Waals surface area contributed by atoms with Crippen LogP contribution in [-0.2, 0) is 11.3 Å². The number of hydrogen-bond acceptors (Lipinski definition) is 5. The van der Waals surface area contributed by atoms with E-state index < -0.39 is 0 Å². The lowest BCUT2D eigenvalue weighted by molar-refractivity contribution is -0.917. The average Bonchev–Trinajstić information content (AvgIpc) is 3.02. The van der Waals surface area contributed by atoms with Crippen molar-refractivity contribution in [1.29, 1.82) is 5.41 Å². The van der Waals surface area contributed by atoms with E-state index in [0.717, 1.165) is 31.1 Å². The number of nitrogens with one attached hydrogen (secondary N) is 2. The second kappa shape index (κ2) is 7.14. The summed E-state index contributed by atoms with van der Waals surface area (Å²) in [5, 5.41) is 17.9. The van der Waals surface area contributed by atoms with Gasteiger partial charge in [-0.3, -0.25) is 10.2 Å². The van der Waals surface area contributed by atoms with E-state index >= 15 is 0 Å². The zero-order valence-electron chi connectivity index (χ0n) is 14.6. The molecule has 1 aromatic rings. The highest BCUT2D eigenvalue weighted by Crippen LogP contribution is 2.32. The van der Waals surface area contributed by atoms with Gasteiger partial charge in [0.25, 0.3) is 0 Å². The Morgan fingerprint density at radius 2 is 1.92 bits per heavy atom. The first-order chi connectivity index (χ1) is 12.0. The van der Waals surface area contributed by atoms with Gasteiger partial charge in [0.1, 0.15) is 18.1 Å². The molecule has 0 radical (unpaired) electrons. The Labute approximate surface area is 146 Å². The molecular formula is C18H24N3O4+. The predicted molar refractivity (Wildman–Crippen MR) is 92.3 cm³/mol. The lowest BCUT2D eigenvalue weighted by atomic mass is 10.1. The Morgan fingerprint density at radius 3 is 2.56 bits per heavy atom. The fraction of sp³-hybridized carbons (Fsp3) is 0.444. The molecule has 0 bridgehead atoms. The van der Waals surface area contributed by atoms with Crippen molar-refractivity contribution in [3.63, 3.8) is 0 Å². The summed E-state index contributed by atoms with van der Waals surface area (Å²) in [6.07, 6.45) is 0. The fourth-order valence-electron chi connectivity index (χ4n) is 3.31. The van der Waals surface area contributed by atoms with E-state index in [9.17, 15) is 9.90 Å². The molecule has 7 nitrogen and oxygen atoms in total. The Kier molecular flexibility index (Phi) is 4.94. The second-order valence-corrected chi connectivity index (χ2v) is 6.47. The van der Waals surface area contributed by atoms with Crippen LogP contribution in [0.4, 0.5) is 0 Å². The first-order valence-corrected chi connectivity index (χ1v) is 8.42. The van der Waals surface area contributed by atoms with Gasteiger partial charge in [-0.05, 0) is 32.0 Å². The molecule has 2 heterocycles. The molecule has 134 valence electrons. The molecule has 0 amide bonds. The Balaban J connectivity index is 1.58. The van der Waals surface area contributed by atoms with Crippen molar-refractivity contribution in [2.45, 2.75) is 20.4 Å². The molecule has 7 heteroatoms. The van der Waals surface area contributed by atoms with E-state index in [0.29, 0.717) is 13.1 Å². The van der Waals surface area contributed by atoms with Gasteiger partial charge >= 0.3 is 0 Å². The van der Waals surface area contributed by atoms with E-state index in [2.05, 4.69) is 6.07 Å². The number of Topliss-reactive ketones (excluding diaryl/α,β-unsaturated/α-hetero) is 1. The number of nitrogens with zero attached hydrogens (tertiary/aromatic N) is 1. The van der Waals surface area contributed by atoms with Crippen LogP contribution in [-0.4, -0.2) is 54.6 Å². The topological polar surface area (TPSA) is 87.3 Å². The van der Waals surface area contributed by atoms with Crippen LogP contribution in [0.15, 0.2) is 29.5 Å². The van der Waals surface area contributed by atoms with Crippen molar-refractivity contribution in [2.24, 2.45) is 0 Å². The summed E-state index contributed by atoms with van der Waals surface area (Å²) < 4.78 is 10.8. The van der Waals surface area contributed by atoms with E-state index in [1.165, 1.54) is 24.3 Å². The molecule has 3 N–H and O–H groups in total. The highest BCUT2D eigenvalue weighted by Gasteiger charge is 2.26. The molecule has 25 heavy (non-hydrogen) atoms. The molecular weight excluding hydrogens is 322 g/mol. The number of hydrogen-bond donors (Lipinski definition) is 3. The number of aliphatic hydroxyl groups excluding tert-OH is 1. The number of benzene rings is 1. The van der Waals surface area contributed by atoms with E-state index in [1.807, 2.05) is 17.0 Å². The molecule has 0 spiro atoms. The normalized spacial score (nSPS) is 18.1. The lowest BCUT2D eigenvalue weighted by Gasteiger charge is -2.34. The Bertz CT molecular complexity index is 717. The number of aliphatic hydroxyl groups is 1. The van der Waals surface area contributed by atoms with Gasteiger partial charge in [-0.1, -0.05) is 0 Å². The number of quaternary nitrogens is 1. The van der Waals surface area contributed by atoms with Crippen molar-refractivity contribution in [3.8, 4) is 11.5 Å². The van der Waals surface area contributed by atoms with Gasteiger partial charge in [-0.2, -0.15) is 0 Å². The summed E-state index contributed by atoms with van der Waals surface area (Å²) in [7, 11) is 0. The van der Waals surface area contributed by atoms with Gasteiger partial charge in [0.2, 0.25) is 6.79 Å². The molecule has 0 atom stereocenters. The Morgan fingerprint density at radius 1 is 1.24 bits per heavy atom. The molecule has 0 saturated carbocycles. The fourth-order valence-corrected chi connectivity index (χ4v) is 3.31. The molecule has 0 unspecified atom stereocenters. The minimum Gasteiger partial charge on any atom is -0.512 e. The van der Waals surface area contributed by atoms with Gasteiger partial charge in [-0.15, -0.1) is 0 Å². The number of allylic oxidation sites excluding steroid dienone is 1. The third kappa shape index (κ3) is 3.76. The number of piperazine rings is 1. The second-order valence-electron chi connectivity index (χ2n) is 6.47. The quantitative estimate of drug-likeness (QED) is 0.320. The third-order valence-corrected chi connectivity index (χ3v) is 4.63. The minimum absolute atomic E-state index is 0.0902. The average molecular weight is 346 g/mol. The van der Waals surface area contributed by atoms with E-state index in [1.54, 1.807) is 0 Å². The molecule has 2 aliphatic rings. The monoisotopic (exact) mass is 346 g/mol. The Hall–Kier alpha value is -2.54. The molecule has 1 fully saturated rings. The van der Waals surface area contributed by atoms with Crippen molar-refractivity contribution in [2.75, 3.05) is 33.0 Å². The van der Waals surface area contributed by atoms with Crippen LogP contribution in [0.25, 0.3) is 0 Å². The van der Waals surface area contributed by atoms with Crippen LogP contribution < -0.4 is 14.4 Å². The molecule has 3 rings (SSSR count). The highest BCUT2D eigenvalue weighted by molar-refractivity contribution is 6.19. The lowest BCUT2D eigenvalue weighted by Crippen LogP contribution is -3.13. The maximum atomic E-state index is 11.7. The maximum Gasteiger partial charge on any atom is 0.231 e. The van der Waals surface area contributed by atoms with Crippen LogP contribution >= 0.6 is 0 Å². The van der Waals surface area contributed by atoms with Crippen LogP contribution in [0.3, 0.4) is 0 Å². The summed E-state index contributed by atoms with van der Waals surface area (Å²) >= 11 is 0. The van der Waals surface area contributed by atoms with Crippen molar-refractivity contribution < 1.29 is 24.3 Å². The highest BCUT2D eigenvalue weighted by atomic mass is 16.7. The maximum absolute atomic E-state index is 11.7. The number of carbonyl (C=O) groups is 1. The summed E-state index contributed by atoms with van der Waals surface area (Å²) in [5.41, 5.74) is 1.30. The van der Waals surface area contributed by atoms with Crippen molar-refractivity contribution in [3.05, 3.63) is 35.1 Å². The molecule has 0 aliphatic carbocycles. The first kappa shape index (κ1) is 17.3.